The third-order valence-corrected chi connectivity index (χ3v) is 7.57. The fraction of sp³-hybridized carbons (Fsp3) is 0.941. The van der Waals surface area contributed by atoms with E-state index in [1.54, 1.807) is 11.4 Å². The van der Waals surface area contributed by atoms with Gasteiger partial charge < -0.3 is 15.4 Å². The summed E-state index contributed by atoms with van der Waals surface area (Å²) < 4.78 is 32.1. The van der Waals surface area contributed by atoms with Gasteiger partial charge in [0.25, 0.3) is 0 Å². The lowest BCUT2D eigenvalue weighted by Gasteiger charge is -2.25. The monoisotopic (exact) mass is 534 g/mol. The molecule has 0 atom stereocenters. The SMILES string of the molecule is CN=C(NCCCOC1CCCCC1)NCCS(=O)(=O)N1CCSCC1.I. The zero-order valence-electron chi connectivity index (χ0n) is 16.3. The van der Waals surface area contributed by atoms with Crippen molar-refractivity contribution in [1.29, 1.82) is 0 Å². The Hall–Kier alpha value is 0.220. The van der Waals surface area contributed by atoms with Gasteiger partial charge in [-0.15, -0.1) is 24.0 Å². The Morgan fingerprint density at radius 1 is 1.15 bits per heavy atom. The lowest BCUT2D eigenvalue weighted by molar-refractivity contribution is 0.0277. The summed E-state index contributed by atoms with van der Waals surface area (Å²) in [4.78, 5) is 4.15. The fourth-order valence-electron chi connectivity index (χ4n) is 3.23. The van der Waals surface area contributed by atoms with Gasteiger partial charge in [0.2, 0.25) is 10.0 Å². The molecule has 0 amide bonds. The Bertz CT molecular complexity index is 522. The summed E-state index contributed by atoms with van der Waals surface area (Å²) in [5.74, 6) is 2.52. The number of sulfonamides is 1. The molecule has 0 aromatic heterocycles. The molecule has 1 saturated heterocycles. The molecule has 1 aliphatic heterocycles. The van der Waals surface area contributed by atoms with E-state index >= 15 is 0 Å². The van der Waals surface area contributed by atoms with Gasteiger partial charge in [-0.25, -0.2) is 12.7 Å². The molecule has 10 heteroatoms. The van der Waals surface area contributed by atoms with Crippen molar-refractivity contribution in [1.82, 2.24) is 14.9 Å². The maximum absolute atomic E-state index is 12.3. The average molecular weight is 535 g/mol. The number of halogens is 1. The van der Waals surface area contributed by atoms with E-state index in [0.29, 0.717) is 31.7 Å². The first kappa shape index (κ1) is 25.3. The third-order valence-electron chi connectivity index (χ3n) is 4.76. The maximum Gasteiger partial charge on any atom is 0.215 e. The van der Waals surface area contributed by atoms with Crippen molar-refractivity contribution in [2.45, 2.75) is 44.6 Å². The molecule has 0 aromatic rings. The number of thioether (sulfide) groups is 1. The van der Waals surface area contributed by atoms with Crippen LogP contribution < -0.4 is 10.6 Å². The minimum absolute atomic E-state index is 0. The number of rotatable bonds is 9. The predicted molar refractivity (Wildman–Crippen MR) is 125 cm³/mol. The van der Waals surface area contributed by atoms with Crippen LogP contribution in [0, 0.1) is 0 Å². The van der Waals surface area contributed by atoms with E-state index in [-0.39, 0.29) is 29.7 Å². The van der Waals surface area contributed by atoms with E-state index in [1.165, 1.54) is 32.1 Å². The summed E-state index contributed by atoms with van der Waals surface area (Å²) in [6.07, 6.45) is 7.68. The molecule has 2 N–H and O–H groups in total. The van der Waals surface area contributed by atoms with Crippen LogP contribution in [0.3, 0.4) is 0 Å². The number of aliphatic imine (C=N–C) groups is 1. The zero-order valence-corrected chi connectivity index (χ0v) is 20.3. The van der Waals surface area contributed by atoms with Gasteiger partial charge in [-0.1, -0.05) is 19.3 Å². The van der Waals surface area contributed by atoms with Crippen LogP contribution in [0.2, 0.25) is 0 Å². The highest BCUT2D eigenvalue weighted by molar-refractivity contribution is 14.0. The quantitative estimate of drug-likeness (QED) is 0.204. The first-order chi connectivity index (χ1) is 12.6. The molecule has 0 spiro atoms. The molecule has 2 aliphatic rings. The molecule has 0 aromatic carbocycles. The van der Waals surface area contributed by atoms with Crippen molar-refractivity contribution in [3.8, 4) is 0 Å². The van der Waals surface area contributed by atoms with Crippen LogP contribution in [0.25, 0.3) is 0 Å². The van der Waals surface area contributed by atoms with Crippen molar-refractivity contribution in [2.75, 3.05) is 57.1 Å². The van der Waals surface area contributed by atoms with Gasteiger partial charge in [0.1, 0.15) is 0 Å². The van der Waals surface area contributed by atoms with Crippen molar-refractivity contribution in [3.63, 3.8) is 0 Å². The van der Waals surface area contributed by atoms with Gasteiger partial charge in [0.15, 0.2) is 5.96 Å². The Morgan fingerprint density at radius 2 is 1.81 bits per heavy atom. The second-order valence-electron chi connectivity index (χ2n) is 6.74. The molecule has 1 heterocycles. The highest BCUT2D eigenvalue weighted by Gasteiger charge is 2.23. The lowest BCUT2D eigenvalue weighted by Crippen LogP contribution is -2.44. The highest BCUT2D eigenvalue weighted by atomic mass is 127. The highest BCUT2D eigenvalue weighted by Crippen LogP contribution is 2.20. The molecule has 2 fully saturated rings. The summed E-state index contributed by atoms with van der Waals surface area (Å²) in [7, 11) is -1.48. The molecule has 2 rings (SSSR count). The van der Waals surface area contributed by atoms with Gasteiger partial charge in [0, 0.05) is 51.3 Å². The molecule has 0 bridgehead atoms. The molecule has 27 heavy (non-hydrogen) atoms. The largest absolute Gasteiger partial charge is 0.378 e. The van der Waals surface area contributed by atoms with Gasteiger partial charge in [-0.3, -0.25) is 4.99 Å². The van der Waals surface area contributed by atoms with Crippen molar-refractivity contribution in [3.05, 3.63) is 0 Å². The standard InChI is InChI=1S/C17H34N4O3S2.HI/c1-18-17(19-8-5-12-24-16-6-3-2-4-7-16)20-9-15-26(22,23)21-10-13-25-14-11-21;/h16H,2-15H2,1H3,(H2,18,19,20);1H. The number of nitrogens with zero attached hydrogens (tertiary/aromatic N) is 2. The van der Waals surface area contributed by atoms with Gasteiger partial charge >= 0.3 is 0 Å². The summed E-state index contributed by atoms with van der Waals surface area (Å²) in [5, 5.41) is 6.31. The van der Waals surface area contributed by atoms with E-state index in [1.807, 2.05) is 11.8 Å². The first-order valence-electron chi connectivity index (χ1n) is 9.73. The van der Waals surface area contributed by atoms with Crippen LogP contribution >= 0.6 is 35.7 Å². The minimum atomic E-state index is -3.17. The van der Waals surface area contributed by atoms with Crippen LogP contribution in [0.4, 0.5) is 0 Å². The van der Waals surface area contributed by atoms with Crippen molar-refractivity contribution < 1.29 is 13.2 Å². The van der Waals surface area contributed by atoms with Crippen molar-refractivity contribution in [2.24, 2.45) is 4.99 Å². The Balaban J connectivity index is 0.00000364. The Morgan fingerprint density at radius 3 is 2.48 bits per heavy atom. The molecule has 1 aliphatic carbocycles. The first-order valence-corrected chi connectivity index (χ1v) is 12.5. The van der Waals surface area contributed by atoms with Gasteiger partial charge in [0.05, 0.1) is 11.9 Å². The molecular weight excluding hydrogens is 499 g/mol. The van der Waals surface area contributed by atoms with E-state index in [0.717, 1.165) is 31.1 Å². The summed E-state index contributed by atoms with van der Waals surface area (Å²) in [6, 6.07) is 0. The number of nitrogens with one attached hydrogen (secondary N) is 2. The van der Waals surface area contributed by atoms with E-state index in [9.17, 15) is 8.42 Å². The summed E-state index contributed by atoms with van der Waals surface area (Å²) >= 11 is 1.81. The maximum atomic E-state index is 12.3. The van der Waals surface area contributed by atoms with Crippen LogP contribution in [0.15, 0.2) is 4.99 Å². The van der Waals surface area contributed by atoms with E-state index in [2.05, 4.69) is 15.6 Å². The van der Waals surface area contributed by atoms with E-state index < -0.39 is 10.0 Å². The third kappa shape index (κ3) is 10.00. The normalized spacial score (nSPS) is 20.1. The predicted octanol–water partition coefficient (Wildman–Crippen LogP) is 1.89. The molecule has 1 saturated carbocycles. The Kier molecular flexibility index (Phi) is 13.3. The average Bonchev–Trinajstić information content (AvgIpc) is 2.68. The van der Waals surface area contributed by atoms with Crippen LogP contribution in [-0.2, 0) is 14.8 Å². The molecule has 0 unspecified atom stereocenters. The lowest BCUT2D eigenvalue weighted by atomic mass is 9.98. The summed E-state index contributed by atoms with van der Waals surface area (Å²) in [5.41, 5.74) is 0. The van der Waals surface area contributed by atoms with Crippen LogP contribution in [0.1, 0.15) is 38.5 Å². The number of hydrogen-bond acceptors (Lipinski definition) is 5. The van der Waals surface area contributed by atoms with E-state index in [4.69, 9.17) is 4.74 Å². The molecular formula is C17H35IN4O3S2. The summed E-state index contributed by atoms with van der Waals surface area (Å²) in [6.45, 7) is 3.14. The van der Waals surface area contributed by atoms with Crippen LogP contribution in [0.5, 0.6) is 0 Å². The minimum Gasteiger partial charge on any atom is -0.378 e. The number of ether oxygens (including phenoxy) is 1. The second kappa shape index (κ2) is 14.2. The smallest absolute Gasteiger partial charge is 0.215 e. The number of hydrogen-bond donors (Lipinski definition) is 2. The zero-order chi connectivity index (χ0) is 18.7. The molecule has 160 valence electrons. The van der Waals surface area contributed by atoms with Gasteiger partial charge in [-0.2, -0.15) is 11.8 Å². The number of guanidine groups is 1. The second-order valence-corrected chi connectivity index (χ2v) is 10.1. The fourth-order valence-corrected chi connectivity index (χ4v) is 5.73. The van der Waals surface area contributed by atoms with Gasteiger partial charge in [-0.05, 0) is 19.3 Å². The van der Waals surface area contributed by atoms with Crippen LogP contribution in [-0.4, -0.2) is 81.9 Å². The molecule has 0 radical (unpaired) electrons. The topological polar surface area (TPSA) is 83.0 Å². The molecule has 7 nitrogen and oxygen atoms in total. The Labute approximate surface area is 185 Å². The van der Waals surface area contributed by atoms with Crippen molar-refractivity contribution >= 4 is 51.7 Å².